The monoisotopic (exact) mass is 314 g/mol. The Balaban J connectivity index is 2.46. The lowest BCUT2D eigenvalue weighted by atomic mass is 10.2. The second kappa shape index (κ2) is 4.90. The summed E-state index contributed by atoms with van der Waals surface area (Å²) in [6, 6.07) is 4.49. The fraction of sp³-hybridized carbons (Fsp3) is 0.0909. The van der Waals surface area contributed by atoms with Gasteiger partial charge in [0.2, 0.25) is 0 Å². The zero-order valence-corrected chi connectivity index (χ0v) is 10.8. The third-order valence-electron chi connectivity index (χ3n) is 2.08. The molecule has 86 valence electrons. The number of halogens is 3. The van der Waals surface area contributed by atoms with Gasteiger partial charge < -0.3 is 0 Å². The predicted molar refractivity (Wildman–Crippen MR) is 64.5 cm³/mol. The first-order valence-electron chi connectivity index (χ1n) is 4.58. The Labute approximate surface area is 109 Å². The first-order chi connectivity index (χ1) is 8.13. The molecule has 1 aromatic heterocycles. The number of aromatic nitrogens is 1. The third-order valence-corrected chi connectivity index (χ3v) is 3.78. The highest BCUT2D eigenvalue weighted by atomic mass is 79.9. The molecule has 0 aliphatic carbocycles. The highest BCUT2D eigenvalue weighted by molar-refractivity contribution is 9.10. The average Bonchev–Trinajstić information content (AvgIpc) is 2.75. The van der Waals surface area contributed by atoms with E-state index in [1.54, 1.807) is 5.38 Å². The van der Waals surface area contributed by atoms with Gasteiger partial charge in [-0.1, -0.05) is 0 Å². The Morgan fingerprint density at radius 1 is 1.41 bits per heavy atom. The molecule has 0 spiro atoms. The van der Waals surface area contributed by atoms with Gasteiger partial charge in [-0.15, -0.1) is 11.3 Å². The fourth-order valence-corrected chi connectivity index (χ4v) is 2.78. The number of rotatable bonds is 2. The van der Waals surface area contributed by atoms with Crippen LogP contribution in [0.1, 0.15) is 5.69 Å². The van der Waals surface area contributed by atoms with Crippen molar-refractivity contribution in [2.75, 3.05) is 0 Å². The number of thiazole rings is 1. The Morgan fingerprint density at radius 2 is 2.18 bits per heavy atom. The maximum Gasteiger partial charge on any atom is 0.173 e. The Hall–Kier alpha value is -1.32. The SMILES string of the molecule is N#CCc1csc(-c2ccc(F)c(F)c2Br)n1. The molecule has 1 heterocycles. The fourth-order valence-electron chi connectivity index (χ4n) is 1.28. The molecule has 2 nitrogen and oxygen atoms in total. The second-order valence-electron chi connectivity index (χ2n) is 3.20. The molecule has 0 aliphatic heterocycles. The first kappa shape index (κ1) is 12.1. The number of hydrogen-bond acceptors (Lipinski definition) is 3. The van der Waals surface area contributed by atoms with E-state index in [0.29, 0.717) is 16.3 Å². The summed E-state index contributed by atoms with van der Waals surface area (Å²) in [5.41, 5.74) is 1.11. The molecule has 0 saturated carbocycles. The van der Waals surface area contributed by atoms with Crippen LogP contribution in [0.4, 0.5) is 8.78 Å². The third kappa shape index (κ3) is 2.35. The van der Waals surface area contributed by atoms with Crippen LogP contribution in [0.25, 0.3) is 10.6 Å². The van der Waals surface area contributed by atoms with Crippen LogP contribution in [0.5, 0.6) is 0 Å². The van der Waals surface area contributed by atoms with Crippen LogP contribution >= 0.6 is 27.3 Å². The molecule has 2 rings (SSSR count). The van der Waals surface area contributed by atoms with Gasteiger partial charge in [0.25, 0.3) is 0 Å². The number of hydrogen-bond donors (Lipinski definition) is 0. The summed E-state index contributed by atoms with van der Waals surface area (Å²) in [6.45, 7) is 0. The molecule has 0 aliphatic rings. The summed E-state index contributed by atoms with van der Waals surface area (Å²) in [5.74, 6) is -1.84. The molecule has 0 radical (unpaired) electrons. The summed E-state index contributed by atoms with van der Waals surface area (Å²) >= 11 is 4.29. The Morgan fingerprint density at radius 3 is 2.88 bits per heavy atom. The molecule has 0 N–H and O–H groups in total. The van der Waals surface area contributed by atoms with E-state index in [-0.39, 0.29) is 10.9 Å². The molecular formula is C11H5BrF2N2S. The van der Waals surface area contributed by atoms with E-state index in [9.17, 15) is 8.78 Å². The van der Waals surface area contributed by atoms with Crippen molar-refractivity contribution in [2.45, 2.75) is 6.42 Å². The summed E-state index contributed by atoms with van der Waals surface area (Å²) in [5, 5.41) is 10.8. The van der Waals surface area contributed by atoms with E-state index in [1.165, 1.54) is 17.4 Å². The van der Waals surface area contributed by atoms with Crippen LogP contribution in [0.2, 0.25) is 0 Å². The minimum atomic E-state index is -0.931. The van der Waals surface area contributed by atoms with Crippen LogP contribution in [-0.4, -0.2) is 4.98 Å². The zero-order valence-electron chi connectivity index (χ0n) is 8.38. The van der Waals surface area contributed by atoms with E-state index >= 15 is 0 Å². The van der Waals surface area contributed by atoms with Gasteiger partial charge in [-0.05, 0) is 28.1 Å². The summed E-state index contributed by atoms with van der Waals surface area (Å²) in [7, 11) is 0. The van der Waals surface area contributed by atoms with Gasteiger partial charge in [0, 0.05) is 10.9 Å². The molecule has 0 fully saturated rings. The van der Waals surface area contributed by atoms with E-state index < -0.39 is 11.6 Å². The summed E-state index contributed by atoms with van der Waals surface area (Å²) in [4.78, 5) is 4.18. The maximum atomic E-state index is 13.3. The highest BCUT2D eigenvalue weighted by Crippen LogP contribution is 2.33. The minimum absolute atomic E-state index is 0.0513. The maximum absolute atomic E-state index is 13.3. The van der Waals surface area contributed by atoms with Crippen LogP contribution < -0.4 is 0 Å². The van der Waals surface area contributed by atoms with Crippen molar-refractivity contribution in [3.8, 4) is 16.6 Å². The van der Waals surface area contributed by atoms with Crippen LogP contribution in [-0.2, 0) is 6.42 Å². The minimum Gasteiger partial charge on any atom is -0.240 e. The highest BCUT2D eigenvalue weighted by Gasteiger charge is 2.14. The molecule has 0 bridgehead atoms. The summed E-state index contributed by atoms with van der Waals surface area (Å²) < 4.78 is 26.3. The van der Waals surface area contributed by atoms with Gasteiger partial charge in [0.05, 0.1) is 22.7 Å². The lowest BCUT2D eigenvalue weighted by molar-refractivity contribution is 0.505. The van der Waals surface area contributed by atoms with Gasteiger partial charge in [-0.25, -0.2) is 13.8 Å². The molecule has 0 atom stereocenters. The Kier molecular flexibility index (Phi) is 3.50. The van der Waals surface area contributed by atoms with E-state index in [2.05, 4.69) is 20.9 Å². The number of benzene rings is 1. The predicted octanol–water partition coefficient (Wildman–Crippen LogP) is 3.92. The van der Waals surface area contributed by atoms with Crippen molar-refractivity contribution in [1.29, 1.82) is 5.26 Å². The molecule has 0 saturated heterocycles. The molecule has 0 unspecified atom stereocenters. The largest absolute Gasteiger partial charge is 0.240 e. The topological polar surface area (TPSA) is 36.7 Å². The quantitative estimate of drug-likeness (QED) is 0.788. The van der Waals surface area contributed by atoms with Crippen molar-refractivity contribution in [1.82, 2.24) is 4.98 Å². The lowest BCUT2D eigenvalue weighted by Crippen LogP contribution is -1.89. The van der Waals surface area contributed by atoms with Crippen molar-refractivity contribution >= 4 is 27.3 Å². The molecule has 1 aromatic carbocycles. The molecule has 6 heteroatoms. The normalized spacial score (nSPS) is 10.2. The standard InChI is InChI=1S/C11H5BrF2N2S/c12-9-7(1-2-8(13)10(9)14)11-16-6(3-4-15)5-17-11/h1-2,5H,3H2. The van der Waals surface area contributed by atoms with E-state index in [1.807, 2.05) is 6.07 Å². The van der Waals surface area contributed by atoms with E-state index in [0.717, 1.165) is 6.07 Å². The summed E-state index contributed by atoms with van der Waals surface area (Å²) in [6.07, 6.45) is 0.206. The molecule has 2 aromatic rings. The average molecular weight is 315 g/mol. The van der Waals surface area contributed by atoms with E-state index in [4.69, 9.17) is 5.26 Å². The van der Waals surface area contributed by atoms with Crippen LogP contribution in [0.3, 0.4) is 0 Å². The molecule has 0 amide bonds. The van der Waals surface area contributed by atoms with Crippen molar-refractivity contribution in [3.63, 3.8) is 0 Å². The van der Waals surface area contributed by atoms with Crippen LogP contribution in [0, 0.1) is 23.0 Å². The van der Waals surface area contributed by atoms with Crippen LogP contribution in [0.15, 0.2) is 22.0 Å². The molecular weight excluding hydrogens is 310 g/mol. The molecule has 17 heavy (non-hydrogen) atoms. The van der Waals surface area contributed by atoms with Gasteiger partial charge in [-0.3, -0.25) is 0 Å². The van der Waals surface area contributed by atoms with Crippen molar-refractivity contribution in [2.24, 2.45) is 0 Å². The van der Waals surface area contributed by atoms with Crippen molar-refractivity contribution < 1.29 is 8.78 Å². The number of nitriles is 1. The van der Waals surface area contributed by atoms with Gasteiger partial charge in [-0.2, -0.15) is 5.26 Å². The Bertz CT molecular complexity index is 604. The zero-order chi connectivity index (χ0) is 12.4. The van der Waals surface area contributed by atoms with Gasteiger partial charge >= 0.3 is 0 Å². The van der Waals surface area contributed by atoms with Crippen molar-refractivity contribution in [3.05, 3.63) is 39.3 Å². The van der Waals surface area contributed by atoms with Gasteiger partial charge in [0.1, 0.15) is 5.01 Å². The lowest BCUT2D eigenvalue weighted by Gasteiger charge is -2.02. The van der Waals surface area contributed by atoms with Gasteiger partial charge in [0.15, 0.2) is 11.6 Å². The first-order valence-corrected chi connectivity index (χ1v) is 6.26. The number of nitrogens with zero attached hydrogens (tertiary/aromatic N) is 2. The smallest absolute Gasteiger partial charge is 0.173 e. The second-order valence-corrected chi connectivity index (χ2v) is 4.85.